The largest absolute Gasteiger partial charge is 0.426 e. The number of aromatic nitrogens is 16. The molecule has 35 heteroatoms. The third-order valence-electron chi connectivity index (χ3n) is 6.43. The van der Waals surface area contributed by atoms with Gasteiger partial charge in [0.25, 0.3) is 0 Å². The fourth-order valence-electron chi connectivity index (χ4n) is 3.47. The van der Waals surface area contributed by atoms with Gasteiger partial charge < -0.3 is 108 Å². The lowest BCUT2D eigenvalue weighted by atomic mass is 10.3. The van der Waals surface area contributed by atoms with Gasteiger partial charge in [-0.05, 0) is 36.4 Å². The number of allylic oxidation sites excluding steroid dienone is 2. The second-order valence-electron chi connectivity index (χ2n) is 12.3. The van der Waals surface area contributed by atoms with E-state index < -0.39 is 0 Å². The number of aryl methyl sites for hydroxylation is 1. The van der Waals surface area contributed by atoms with Crippen LogP contribution in [0, 0.1) is 0 Å². The summed E-state index contributed by atoms with van der Waals surface area (Å²) in [7, 11) is 1.68. The molecule has 0 saturated heterocycles. The Bertz CT molecular complexity index is 2340. The summed E-state index contributed by atoms with van der Waals surface area (Å²) in [6.45, 7) is 0. The second kappa shape index (κ2) is 30.0. The first-order valence-corrected chi connectivity index (χ1v) is 18.6. The van der Waals surface area contributed by atoms with Crippen LogP contribution in [0.3, 0.4) is 0 Å². The third-order valence-corrected chi connectivity index (χ3v) is 6.43. The number of anilines is 16. The molecule has 0 atom stereocenters. The van der Waals surface area contributed by atoms with Crippen LogP contribution >= 0.6 is 0 Å². The van der Waals surface area contributed by atoms with E-state index in [-0.39, 0.29) is 29.7 Å². The van der Waals surface area contributed by atoms with Gasteiger partial charge in [-0.25, -0.2) is 44.7 Å². The van der Waals surface area contributed by atoms with Gasteiger partial charge in [-0.3, -0.25) is 0 Å². The van der Waals surface area contributed by atoms with Crippen LogP contribution in [0.4, 0.5) is 93.9 Å². The highest BCUT2D eigenvalue weighted by atomic mass is 16.4. The van der Waals surface area contributed by atoms with Crippen molar-refractivity contribution in [2.45, 2.75) is 6.42 Å². The van der Waals surface area contributed by atoms with Gasteiger partial charge in [0, 0.05) is 43.1 Å². The number of hydrogen-bond donors (Lipinski definition) is 19. The number of rotatable bonds is 0. The predicted octanol–water partition coefficient (Wildman–Crippen LogP) is -3.33. The van der Waals surface area contributed by atoms with Crippen LogP contribution in [0.1, 0.15) is 6.42 Å². The van der Waals surface area contributed by atoms with Crippen molar-refractivity contribution in [3.63, 3.8) is 0 Å². The fourth-order valence-corrected chi connectivity index (χ4v) is 3.47. The predicted molar refractivity (Wildman–Crippen MR) is 266 cm³/mol. The molecule has 0 unspecified atom stereocenters. The third kappa shape index (κ3) is 28.2. The van der Waals surface area contributed by atoms with Gasteiger partial charge >= 0.3 is 0 Å². The Hall–Kier alpha value is -11.2. The summed E-state index contributed by atoms with van der Waals surface area (Å²) in [5, 5.41) is 16.4. The number of nitrogens with one attached hydrogen (secondary N) is 1. The average molecular weight is 957 g/mol. The van der Waals surface area contributed by atoms with Crippen molar-refractivity contribution < 1.29 is 4.42 Å². The van der Waals surface area contributed by atoms with Gasteiger partial charge in [-0.2, -0.15) is 15.0 Å². The number of pyridine rings is 1. The van der Waals surface area contributed by atoms with Crippen LogP contribution in [0.5, 0.6) is 0 Å². The fraction of sp³-hybridized carbons (Fsp3) is 0.0588. The highest BCUT2D eigenvalue weighted by Crippen LogP contribution is 2.09. The molecular weight excluding hydrogens is 901 g/mol. The van der Waals surface area contributed by atoms with Crippen LogP contribution in [0.15, 0.2) is 102 Å². The summed E-state index contributed by atoms with van der Waals surface area (Å²) in [6.07, 6.45) is 11.3. The van der Waals surface area contributed by atoms with Crippen LogP contribution in [-0.4, -0.2) is 80.0 Å². The van der Waals surface area contributed by atoms with Crippen LogP contribution in [0.25, 0.3) is 0 Å². The molecule has 0 aliphatic heterocycles. The van der Waals surface area contributed by atoms with Gasteiger partial charge in [0.1, 0.15) is 53.4 Å². The maximum Gasteiger partial charge on any atom is 0.241 e. The van der Waals surface area contributed by atoms with Gasteiger partial charge in [0.15, 0.2) is 11.8 Å². The molecule has 1 aliphatic rings. The number of hydrogen-bond acceptors (Lipinski definition) is 33. The molecule has 8 heterocycles. The van der Waals surface area contributed by atoms with E-state index in [1.807, 2.05) is 12.2 Å². The highest BCUT2D eigenvalue weighted by molar-refractivity contribution is 5.41. The molecule has 35 nitrogen and oxygen atoms in total. The van der Waals surface area contributed by atoms with Gasteiger partial charge in [0.2, 0.25) is 35.7 Å². The molecule has 8 aromatic rings. The van der Waals surface area contributed by atoms with Crippen LogP contribution in [0.2, 0.25) is 0 Å². The van der Waals surface area contributed by atoms with Gasteiger partial charge in [-0.1, -0.05) is 0 Å². The Morgan fingerprint density at radius 2 is 0.942 bits per heavy atom. The Morgan fingerprint density at radius 3 is 1.16 bits per heavy atom. The second-order valence-corrected chi connectivity index (χ2v) is 12.3. The quantitative estimate of drug-likeness (QED) is 0.0707. The first-order chi connectivity index (χ1) is 32.5. The van der Waals surface area contributed by atoms with E-state index in [9.17, 15) is 0 Å². The van der Waals surface area contributed by atoms with E-state index in [1.54, 1.807) is 43.4 Å². The molecular formula is C34H56N34O. The van der Waals surface area contributed by atoms with Crippen LogP contribution in [-0.2, 0) is 7.05 Å². The minimum atomic E-state index is 0.150. The van der Waals surface area contributed by atoms with Crippen molar-refractivity contribution in [2.75, 3.05) is 91.7 Å². The first-order valence-electron chi connectivity index (χ1n) is 18.6. The molecule has 0 fully saturated rings. The number of aromatic amines is 1. The lowest BCUT2D eigenvalue weighted by Crippen LogP contribution is -2.00. The minimum Gasteiger partial charge on any atom is -0.426 e. The van der Waals surface area contributed by atoms with Crippen molar-refractivity contribution in [3.05, 3.63) is 97.3 Å². The van der Waals surface area contributed by atoms with Crippen LogP contribution < -0.4 is 103 Å². The number of nitrogen functional groups attached to an aromatic ring is 16. The lowest BCUT2D eigenvalue weighted by molar-refractivity contribution is 0.608. The van der Waals surface area contributed by atoms with Gasteiger partial charge in [0.05, 0.1) is 24.3 Å². The summed E-state index contributed by atoms with van der Waals surface area (Å²) < 4.78 is 6.05. The van der Waals surface area contributed by atoms with Crippen molar-refractivity contribution in [1.82, 2.24) is 80.0 Å². The number of furan rings is 1. The van der Waals surface area contributed by atoms with E-state index in [0.29, 0.717) is 64.1 Å². The van der Waals surface area contributed by atoms with E-state index >= 15 is 0 Å². The summed E-state index contributed by atoms with van der Waals surface area (Å²) in [5.41, 5.74) is 95.9. The number of H-pyrrole nitrogens is 1. The van der Waals surface area contributed by atoms with E-state index in [0.717, 1.165) is 17.8 Å². The normalized spacial score (nSPS) is 10.1. The molecule has 0 saturated carbocycles. The molecule has 0 aromatic carbocycles. The highest BCUT2D eigenvalue weighted by Gasteiger charge is 1.98. The Balaban J connectivity index is 0.000000388. The average Bonchev–Trinajstić information content (AvgIpc) is 4.06. The Labute approximate surface area is 391 Å². The van der Waals surface area contributed by atoms with Crippen molar-refractivity contribution in [2.24, 2.45) is 18.5 Å². The lowest BCUT2D eigenvalue weighted by Gasteiger charge is -1.89. The monoisotopic (exact) mass is 957 g/mol. The van der Waals surface area contributed by atoms with E-state index in [1.165, 1.54) is 42.0 Å². The molecule has 368 valence electrons. The van der Waals surface area contributed by atoms with Crippen molar-refractivity contribution >= 4 is 93.9 Å². The maximum atomic E-state index is 5.35. The molecule has 1 aliphatic carbocycles. The van der Waals surface area contributed by atoms with E-state index in [2.05, 4.69) is 79.8 Å². The zero-order valence-electron chi connectivity index (χ0n) is 36.8. The molecule has 8 aromatic heterocycles. The zero-order chi connectivity index (χ0) is 51.9. The topological polar surface area (TPSA) is 683 Å². The summed E-state index contributed by atoms with van der Waals surface area (Å²) >= 11 is 0. The molecule has 0 amide bonds. The zero-order valence-corrected chi connectivity index (χ0v) is 36.8. The minimum absolute atomic E-state index is 0.150. The molecule has 0 radical (unpaired) electrons. The smallest absolute Gasteiger partial charge is 0.241 e. The number of nitrogens with zero attached hydrogens (tertiary/aromatic N) is 15. The van der Waals surface area contributed by atoms with Gasteiger partial charge in [-0.15, -0.1) is 20.4 Å². The van der Waals surface area contributed by atoms with Crippen molar-refractivity contribution in [3.8, 4) is 0 Å². The Kier molecular flexibility index (Phi) is 24.3. The summed E-state index contributed by atoms with van der Waals surface area (Å²) in [4.78, 5) is 36.0. The molecule has 69 heavy (non-hydrogen) atoms. The van der Waals surface area contributed by atoms with E-state index in [4.69, 9.17) is 103 Å². The summed E-state index contributed by atoms with van der Waals surface area (Å²) in [6, 6.07) is 11.3. The molecule has 37 N–H and O–H groups in total. The molecule has 0 bridgehead atoms. The number of nitrogens with two attached hydrogens (primary N) is 18. The standard InChI is InChI=1S/C5H7N3.C5H8N2.3C4H6N4.C4H6N2O.C3H7N5.C3H5N5.C2H5N5/c6-4-1-2-5(7)8-3-4;6-4-1-2-5(7)3-4;5-3-1-7-4(6)2-8-3;5-3-1-4(6)8-2-7-3;5-3-1-2-4(6)8-7-3;5-3-1-2-4(6)7-3;1-8-3(5)6-2(4)7-8;4-2-6-1-7-3(5)8-2;3-1-5-2(4)7-6-1/h1-3H,6H2,(H2,7,8);1-2H,3,6-7H2;1-2H,(H2,6,7)(H2,5,8);1-2H,(H4,5,6,7,8);1-2H,(H2,5,7)(H2,6,8);1-2H,5-6H2;1H3,(H4,4,5,6,7);1H,(H4,4,5,6,7,8);(H5,3,4,5,6,7). The molecule has 0 spiro atoms. The molecule has 9 rings (SSSR count). The first kappa shape index (κ1) is 55.9. The van der Waals surface area contributed by atoms with Crippen molar-refractivity contribution in [1.29, 1.82) is 0 Å². The summed E-state index contributed by atoms with van der Waals surface area (Å²) in [5.74, 6) is 4.85. The Morgan fingerprint density at radius 1 is 0.464 bits per heavy atom. The SMILES string of the molecule is Cn1nc(N)nc1N.NC1=CC=C(N)C1.Nc1cc(N)ncn1.Nc1ccc(N)nc1.Nc1ccc(N)nn1.Nc1ccc(N)o1.Nc1cnc(N)cn1.Nc1n[nH]c(N)n1.Nc1ncnc(N)n1. The maximum absolute atomic E-state index is 5.35.